The quantitative estimate of drug-likeness (QED) is 0.529. The molecule has 96 valence electrons. The largest absolute Gasteiger partial charge is 0.294 e. The van der Waals surface area contributed by atoms with Gasteiger partial charge in [-0.25, -0.2) is 4.98 Å². The third-order valence-corrected chi connectivity index (χ3v) is 4.21. The van der Waals surface area contributed by atoms with E-state index in [9.17, 15) is 10.1 Å². The molecule has 3 aromatic rings. The second-order valence-electron chi connectivity index (χ2n) is 4.33. The standard InChI is InChI=1S/C13H11N3O2S/c1-8-9(2)19-13-14-12(7-15(8)13)10-4-3-5-11(6-10)16(17)18/h3-7H,1-2H3. The Hall–Kier alpha value is -2.21. The van der Waals surface area contributed by atoms with Crippen LogP contribution in [0.1, 0.15) is 10.6 Å². The minimum atomic E-state index is -0.392. The monoisotopic (exact) mass is 273 g/mol. The third kappa shape index (κ3) is 1.90. The summed E-state index contributed by atoms with van der Waals surface area (Å²) in [6, 6.07) is 6.55. The van der Waals surface area contributed by atoms with E-state index in [0.29, 0.717) is 0 Å². The number of non-ortho nitro benzene ring substituents is 1. The van der Waals surface area contributed by atoms with E-state index in [4.69, 9.17) is 0 Å². The molecule has 6 heteroatoms. The lowest BCUT2D eigenvalue weighted by molar-refractivity contribution is -0.384. The molecular formula is C13H11N3O2S. The highest BCUT2D eigenvalue weighted by atomic mass is 32.1. The number of nitro groups is 1. The number of nitrogens with zero attached hydrogens (tertiary/aromatic N) is 3. The van der Waals surface area contributed by atoms with Crippen LogP contribution in [0.4, 0.5) is 5.69 Å². The second kappa shape index (κ2) is 4.17. The first-order valence-corrected chi connectivity index (χ1v) is 6.58. The number of aromatic nitrogens is 2. The molecule has 0 bridgehead atoms. The van der Waals surface area contributed by atoms with Crippen molar-refractivity contribution in [3.63, 3.8) is 0 Å². The van der Waals surface area contributed by atoms with Crippen LogP contribution < -0.4 is 0 Å². The molecule has 0 atom stereocenters. The molecule has 5 nitrogen and oxygen atoms in total. The predicted molar refractivity (Wildman–Crippen MR) is 74.6 cm³/mol. The van der Waals surface area contributed by atoms with Crippen molar-refractivity contribution in [1.29, 1.82) is 0 Å². The van der Waals surface area contributed by atoms with E-state index in [1.54, 1.807) is 23.5 Å². The van der Waals surface area contributed by atoms with Gasteiger partial charge < -0.3 is 0 Å². The molecule has 0 aliphatic heterocycles. The fourth-order valence-corrected chi connectivity index (χ4v) is 2.93. The molecule has 2 heterocycles. The highest BCUT2D eigenvalue weighted by Gasteiger charge is 2.12. The first-order valence-electron chi connectivity index (χ1n) is 5.76. The number of hydrogen-bond acceptors (Lipinski definition) is 4. The molecule has 3 rings (SSSR count). The number of benzene rings is 1. The molecule has 1 aromatic carbocycles. The van der Waals surface area contributed by atoms with Crippen molar-refractivity contribution in [3.05, 3.63) is 51.1 Å². The molecule has 0 aliphatic carbocycles. The highest BCUT2D eigenvalue weighted by Crippen LogP contribution is 2.28. The zero-order valence-electron chi connectivity index (χ0n) is 10.5. The Kier molecular flexibility index (Phi) is 2.60. The number of aryl methyl sites for hydroxylation is 2. The normalized spacial score (nSPS) is 11.1. The molecule has 0 spiro atoms. The van der Waals surface area contributed by atoms with Gasteiger partial charge in [0, 0.05) is 34.5 Å². The van der Waals surface area contributed by atoms with Gasteiger partial charge in [0.05, 0.1) is 10.6 Å². The fraction of sp³-hybridized carbons (Fsp3) is 0.154. The average molecular weight is 273 g/mol. The number of rotatable bonds is 2. The summed E-state index contributed by atoms with van der Waals surface area (Å²) in [5, 5.41) is 10.8. The average Bonchev–Trinajstić information content (AvgIpc) is 2.91. The first kappa shape index (κ1) is 11.9. The van der Waals surface area contributed by atoms with Gasteiger partial charge in [0.15, 0.2) is 4.96 Å². The molecule has 0 saturated carbocycles. The number of nitro benzene ring substituents is 1. The van der Waals surface area contributed by atoms with Crippen LogP contribution >= 0.6 is 11.3 Å². The van der Waals surface area contributed by atoms with E-state index in [2.05, 4.69) is 11.9 Å². The predicted octanol–water partition coefficient (Wildman–Crippen LogP) is 3.59. The number of fused-ring (bicyclic) bond motifs is 1. The molecule has 19 heavy (non-hydrogen) atoms. The van der Waals surface area contributed by atoms with Crippen LogP contribution in [0, 0.1) is 24.0 Å². The summed E-state index contributed by atoms with van der Waals surface area (Å²) in [4.78, 5) is 17.1. The molecule has 0 unspecified atom stereocenters. The van der Waals surface area contributed by atoms with Gasteiger partial charge in [0.25, 0.3) is 5.69 Å². The highest BCUT2D eigenvalue weighted by molar-refractivity contribution is 7.17. The minimum absolute atomic E-state index is 0.0850. The molecule has 0 saturated heterocycles. The Morgan fingerprint density at radius 1 is 1.37 bits per heavy atom. The SMILES string of the molecule is Cc1sc2nc(-c3cccc([N+](=O)[O-])c3)cn2c1C. The van der Waals surface area contributed by atoms with Crippen LogP contribution in [0.3, 0.4) is 0 Å². The van der Waals surface area contributed by atoms with Crippen molar-refractivity contribution in [1.82, 2.24) is 9.38 Å². The lowest BCUT2D eigenvalue weighted by atomic mass is 10.1. The van der Waals surface area contributed by atoms with E-state index in [0.717, 1.165) is 21.9 Å². The maximum Gasteiger partial charge on any atom is 0.270 e. The van der Waals surface area contributed by atoms with Gasteiger partial charge in [-0.05, 0) is 13.8 Å². The van der Waals surface area contributed by atoms with Crippen LogP contribution in [0.2, 0.25) is 0 Å². The first-order chi connectivity index (χ1) is 9.06. The lowest BCUT2D eigenvalue weighted by Crippen LogP contribution is -1.88. The summed E-state index contributed by atoms with van der Waals surface area (Å²) >= 11 is 1.62. The van der Waals surface area contributed by atoms with Crippen LogP contribution in [0.25, 0.3) is 16.2 Å². The van der Waals surface area contributed by atoms with Gasteiger partial charge in [0.1, 0.15) is 0 Å². The minimum Gasteiger partial charge on any atom is -0.294 e. The number of hydrogen-bond donors (Lipinski definition) is 0. The molecule has 2 aromatic heterocycles. The van der Waals surface area contributed by atoms with Crippen molar-refractivity contribution >= 4 is 22.0 Å². The number of imidazole rings is 1. The second-order valence-corrected chi connectivity index (χ2v) is 5.51. The molecule has 0 fully saturated rings. The van der Waals surface area contributed by atoms with Crippen LogP contribution in [0.15, 0.2) is 30.5 Å². The molecule has 0 radical (unpaired) electrons. The van der Waals surface area contributed by atoms with Gasteiger partial charge in [-0.1, -0.05) is 12.1 Å². The lowest BCUT2D eigenvalue weighted by Gasteiger charge is -1.96. The summed E-state index contributed by atoms with van der Waals surface area (Å²) in [6.07, 6.45) is 1.92. The van der Waals surface area contributed by atoms with Crippen molar-refractivity contribution in [2.45, 2.75) is 13.8 Å². The molecule has 0 amide bonds. The zero-order valence-corrected chi connectivity index (χ0v) is 11.3. The Bertz CT molecular complexity index is 788. The molecule has 0 aliphatic rings. The van der Waals surface area contributed by atoms with Gasteiger partial charge >= 0.3 is 0 Å². The number of thiazole rings is 1. The maximum absolute atomic E-state index is 10.8. The van der Waals surface area contributed by atoms with Crippen molar-refractivity contribution < 1.29 is 4.92 Å². The zero-order chi connectivity index (χ0) is 13.6. The van der Waals surface area contributed by atoms with E-state index < -0.39 is 4.92 Å². The van der Waals surface area contributed by atoms with Gasteiger partial charge in [0.2, 0.25) is 0 Å². The maximum atomic E-state index is 10.8. The Morgan fingerprint density at radius 2 is 2.16 bits per heavy atom. The van der Waals surface area contributed by atoms with E-state index in [-0.39, 0.29) is 5.69 Å². The van der Waals surface area contributed by atoms with E-state index in [1.807, 2.05) is 23.6 Å². The summed E-state index contributed by atoms with van der Waals surface area (Å²) in [5.41, 5.74) is 2.77. The Labute approximate surface area is 113 Å². The van der Waals surface area contributed by atoms with E-state index in [1.165, 1.54) is 10.9 Å². The fourth-order valence-electron chi connectivity index (χ4n) is 1.97. The van der Waals surface area contributed by atoms with Crippen molar-refractivity contribution in [2.24, 2.45) is 0 Å². The summed E-state index contributed by atoms with van der Waals surface area (Å²) in [5.74, 6) is 0. The Morgan fingerprint density at radius 3 is 2.84 bits per heavy atom. The Balaban J connectivity index is 2.13. The molecular weight excluding hydrogens is 262 g/mol. The van der Waals surface area contributed by atoms with E-state index >= 15 is 0 Å². The van der Waals surface area contributed by atoms with Gasteiger partial charge in [-0.3, -0.25) is 14.5 Å². The van der Waals surface area contributed by atoms with Crippen LogP contribution in [-0.2, 0) is 0 Å². The van der Waals surface area contributed by atoms with Crippen LogP contribution in [0.5, 0.6) is 0 Å². The summed E-state index contributed by atoms with van der Waals surface area (Å²) in [6.45, 7) is 4.10. The van der Waals surface area contributed by atoms with Crippen molar-refractivity contribution in [3.8, 4) is 11.3 Å². The van der Waals surface area contributed by atoms with Gasteiger partial charge in [-0.15, -0.1) is 11.3 Å². The van der Waals surface area contributed by atoms with Crippen molar-refractivity contribution in [2.75, 3.05) is 0 Å². The topological polar surface area (TPSA) is 60.4 Å². The third-order valence-electron chi connectivity index (χ3n) is 3.14. The summed E-state index contributed by atoms with van der Waals surface area (Å²) in [7, 11) is 0. The van der Waals surface area contributed by atoms with Gasteiger partial charge in [-0.2, -0.15) is 0 Å². The van der Waals surface area contributed by atoms with Crippen LogP contribution in [-0.4, -0.2) is 14.3 Å². The smallest absolute Gasteiger partial charge is 0.270 e. The molecule has 0 N–H and O–H groups in total. The summed E-state index contributed by atoms with van der Waals surface area (Å²) < 4.78 is 2.02.